The molecule has 0 bridgehead atoms. The number of carbonyl (C=O) groups is 1. The maximum absolute atomic E-state index is 12.0. The molecule has 1 aliphatic rings. The van der Waals surface area contributed by atoms with E-state index in [9.17, 15) is 14.9 Å². The Hall–Kier alpha value is -2.22. The molecule has 0 spiro atoms. The average molecular weight is 323 g/mol. The second kappa shape index (κ2) is 6.91. The van der Waals surface area contributed by atoms with E-state index < -0.39 is 16.5 Å². The van der Waals surface area contributed by atoms with Crippen LogP contribution in [0.15, 0.2) is 12.3 Å². The van der Waals surface area contributed by atoms with Gasteiger partial charge in [-0.1, -0.05) is 6.92 Å². The van der Waals surface area contributed by atoms with Crippen molar-refractivity contribution in [1.29, 1.82) is 0 Å². The predicted octanol–water partition coefficient (Wildman–Crippen LogP) is 2.17. The number of pyridine rings is 1. The van der Waals surface area contributed by atoms with Gasteiger partial charge < -0.3 is 14.4 Å². The Morgan fingerprint density at radius 3 is 2.91 bits per heavy atom. The molecule has 0 amide bonds. The molecule has 1 aliphatic heterocycles. The van der Waals surface area contributed by atoms with Gasteiger partial charge in [-0.2, -0.15) is 0 Å². The Labute approximate surface area is 134 Å². The summed E-state index contributed by atoms with van der Waals surface area (Å²) in [6.45, 7) is 7.17. The molecule has 1 fully saturated rings. The van der Waals surface area contributed by atoms with Crippen molar-refractivity contribution in [3.8, 4) is 0 Å². The quantitative estimate of drug-likeness (QED) is 0.465. The SMILES string of the molecule is CCOC(=O)c1ccnc(N2CCOC(C)(CC)C2)c1[N+](=O)[O-]. The van der Waals surface area contributed by atoms with E-state index in [1.165, 1.54) is 12.3 Å². The van der Waals surface area contributed by atoms with Gasteiger partial charge in [0.05, 0.1) is 23.7 Å². The summed E-state index contributed by atoms with van der Waals surface area (Å²) in [4.78, 5) is 28.9. The Balaban J connectivity index is 2.44. The molecule has 1 unspecified atom stereocenters. The van der Waals surface area contributed by atoms with Gasteiger partial charge in [0, 0.05) is 19.3 Å². The number of rotatable bonds is 5. The molecule has 1 aromatic rings. The van der Waals surface area contributed by atoms with Crippen molar-refractivity contribution >= 4 is 17.5 Å². The number of carbonyl (C=O) groups excluding carboxylic acids is 1. The zero-order chi connectivity index (χ0) is 17.0. The lowest BCUT2D eigenvalue weighted by molar-refractivity contribution is -0.384. The standard InChI is InChI=1S/C15H21N3O5/c1-4-15(3)10-17(8-9-23-15)13-12(18(20)21)11(6-7-16-13)14(19)22-5-2/h6-7H,4-5,8-10H2,1-3H3. The molecule has 8 nitrogen and oxygen atoms in total. The van der Waals surface area contributed by atoms with Crippen molar-refractivity contribution < 1.29 is 19.2 Å². The van der Waals surface area contributed by atoms with Crippen molar-refractivity contribution in [2.45, 2.75) is 32.8 Å². The lowest BCUT2D eigenvalue weighted by Gasteiger charge is -2.40. The van der Waals surface area contributed by atoms with Gasteiger partial charge in [0.1, 0.15) is 5.56 Å². The van der Waals surface area contributed by atoms with E-state index in [2.05, 4.69) is 4.98 Å². The molecule has 1 aromatic heterocycles. The maximum atomic E-state index is 12.0. The van der Waals surface area contributed by atoms with Gasteiger partial charge >= 0.3 is 11.7 Å². The monoisotopic (exact) mass is 323 g/mol. The van der Waals surface area contributed by atoms with Gasteiger partial charge in [-0.25, -0.2) is 9.78 Å². The second-order valence-corrected chi connectivity index (χ2v) is 5.58. The zero-order valence-electron chi connectivity index (χ0n) is 13.6. The third-order valence-corrected chi connectivity index (χ3v) is 3.97. The first-order valence-corrected chi connectivity index (χ1v) is 7.61. The van der Waals surface area contributed by atoms with E-state index in [-0.39, 0.29) is 23.7 Å². The van der Waals surface area contributed by atoms with Gasteiger partial charge in [-0.3, -0.25) is 10.1 Å². The van der Waals surface area contributed by atoms with Gasteiger partial charge in [-0.05, 0) is 26.3 Å². The molecule has 2 heterocycles. The second-order valence-electron chi connectivity index (χ2n) is 5.58. The van der Waals surface area contributed by atoms with Crippen LogP contribution in [0.25, 0.3) is 0 Å². The number of hydrogen-bond acceptors (Lipinski definition) is 7. The summed E-state index contributed by atoms with van der Waals surface area (Å²) in [7, 11) is 0. The number of ether oxygens (including phenoxy) is 2. The fourth-order valence-electron chi connectivity index (χ4n) is 2.55. The lowest BCUT2D eigenvalue weighted by Crippen LogP contribution is -2.50. The summed E-state index contributed by atoms with van der Waals surface area (Å²) in [6.07, 6.45) is 2.17. The number of morpholine rings is 1. The molecule has 2 rings (SSSR count). The van der Waals surface area contributed by atoms with Crippen LogP contribution in [0.5, 0.6) is 0 Å². The Bertz CT molecular complexity index is 607. The van der Waals surface area contributed by atoms with Crippen LogP contribution in [-0.4, -0.2) is 47.8 Å². The molecule has 0 saturated carbocycles. The van der Waals surface area contributed by atoms with E-state index >= 15 is 0 Å². The molecule has 0 N–H and O–H groups in total. The van der Waals surface area contributed by atoms with Crippen LogP contribution in [0.4, 0.5) is 11.5 Å². The van der Waals surface area contributed by atoms with Crippen molar-refractivity contribution in [1.82, 2.24) is 4.98 Å². The van der Waals surface area contributed by atoms with Gasteiger partial charge in [0.15, 0.2) is 0 Å². The Morgan fingerprint density at radius 1 is 1.57 bits per heavy atom. The smallest absolute Gasteiger partial charge is 0.345 e. The van der Waals surface area contributed by atoms with Crippen LogP contribution in [0.3, 0.4) is 0 Å². The summed E-state index contributed by atoms with van der Waals surface area (Å²) in [5, 5.41) is 11.5. The first-order chi connectivity index (χ1) is 10.9. The highest BCUT2D eigenvalue weighted by Crippen LogP contribution is 2.33. The number of anilines is 1. The largest absolute Gasteiger partial charge is 0.462 e. The van der Waals surface area contributed by atoms with Crippen molar-refractivity contribution in [2.24, 2.45) is 0 Å². The van der Waals surface area contributed by atoms with Gasteiger partial charge in [0.2, 0.25) is 5.82 Å². The Kier molecular flexibility index (Phi) is 5.15. The fraction of sp³-hybridized carbons (Fsp3) is 0.600. The van der Waals surface area contributed by atoms with Crippen LogP contribution in [0, 0.1) is 10.1 Å². The Morgan fingerprint density at radius 2 is 2.30 bits per heavy atom. The van der Waals surface area contributed by atoms with Gasteiger partial charge in [-0.15, -0.1) is 0 Å². The highest BCUT2D eigenvalue weighted by molar-refractivity contribution is 5.96. The average Bonchev–Trinajstić information content (AvgIpc) is 2.54. The van der Waals surface area contributed by atoms with Crippen molar-refractivity contribution in [3.05, 3.63) is 27.9 Å². The van der Waals surface area contributed by atoms with Crippen LogP contribution in [-0.2, 0) is 9.47 Å². The third-order valence-electron chi connectivity index (χ3n) is 3.97. The number of aromatic nitrogens is 1. The summed E-state index contributed by atoms with van der Waals surface area (Å²) in [5.74, 6) is -0.530. The van der Waals surface area contributed by atoms with E-state index in [0.29, 0.717) is 19.7 Å². The third kappa shape index (κ3) is 3.58. The first-order valence-electron chi connectivity index (χ1n) is 7.61. The van der Waals surface area contributed by atoms with Crippen molar-refractivity contribution in [3.63, 3.8) is 0 Å². The summed E-state index contributed by atoms with van der Waals surface area (Å²) >= 11 is 0. The van der Waals surface area contributed by atoms with Crippen LogP contribution in [0.2, 0.25) is 0 Å². The summed E-state index contributed by atoms with van der Waals surface area (Å²) in [5.41, 5.74) is -0.786. The number of nitrogens with zero attached hydrogens (tertiary/aromatic N) is 3. The van der Waals surface area contributed by atoms with E-state index in [1.807, 2.05) is 13.8 Å². The molecule has 8 heteroatoms. The highest BCUT2D eigenvalue weighted by Gasteiger charge is 2.36. The maximum Gasteiger partial charge on any atom is 0.345 e. The minimum Gasteiger partial charge on any atom is -0.462 e. The first kappa shape index (κ1) is 17.1. The molecule has 0 aliphatic carbocycles. The predicted molar refractivity (Wildman–Crippen MR) is 83.7 cm³/mol. The van der Waals surface area contributed by atoms with E-state index in [0.717, 1.165) is 6.42 Å². The van der Waals surface area contributed by atoms with Crippen LogP contribution in [0.1, 0.15) is 37.6 Å². The molecule has 1 saturated heterocycles. The fourth-order valence-corrected chi connectivity index (χ4v) is 2.55. The minimum atomic E-state index is -0.714. The van der Waals surface area contributed by atoms with Crippen LogP contribution >= 0.6 is 0 Å². The zero-order valence-corrected chi connectivity index (χ0v) is 13.6. The molecule has 0 radical (unpaired) electrons. The topological polar surface area (TPSA) is 94.8 Å². The molecular weight excluding hydrogens is 302 g/mol. The summed E-state index contributed by atoms with van der Waals surface area (Å²) < 4.78 is 10.7. The minimum absolute atomic E-state index is 0.0773. The van der Waals surface area contributed by atoms with Gasteiger partial charge in [0.25, 0.3) is 0 Å². The molecule has 23 heavy (non-hydrogen) atoms. The number of hydrogen-bond donors (Lipinski definition) is 0. The summed E-state index contributed by atoms with van der Waals surface area (Å²) in [6, 6.07) is 1.32. The normalized spacial score (nSPS) is 21.1. The number of nitro groups is 1. The van der Waals surface area contributed by atoms with E-state index in [1.54, 1.807) is 11.8 Å². The van der Waals surface area contributed by atoms with E-state index in [4.69, 9.17) is 9.47 Å². The molecule has 1 atom stereocenters. The molecular formula is C15H21N3O5. The van der Waals surface area contributed by atoms with Crippen molar-refractivity contribution in [2.75, 3.05) is 31.2 Å². The number of esters is 1. The highest BCUT2D eigenvalue weighted by atomic mass is 16.6. The molecule has 0 aromatic carbocycles. The lowest BCUT2D eigenvalue weighted by atomic mass is 10.0. The van der Waals surface area contributed by atoms with Crippen LogP contribution < -0.4 is 4.90 Å². The molecule has 126 valence electrons.